The summed E-state index contributed by atoms with van der Waals surface area (Å²) in [6, 6.07) is 5.87. The molecule has 2 aromatic heterocycles. The molecule has 0 aromatic carbocycles. The summed E-state index contributed by atoms with van der Waals surface area (Å²) < 4.78 is 0.805. The summed E-state index contributed by atoms with van der Waals surface area (Å²) in [5.41, 5.74) is 0.569. The largest absolute Gasteiger partial charge is 0.344 e. The molecule has 1 atom stereocenters. The molecular formula is C13H13BrN2OS. The first-order chi connectivity index (χ1) is 8.70. The molecule has 94 valence electrons. The SMILES string of the molecule is CCC(NC(=O)c1cncc(Br)c1)c1cccs1. The second-order valence-corrected chi connectivity index (χ2v) is 5.74. The molecule has 0 radical (unpaired) electrons. The van der Waals surface area contributed by atoms with Crippen molar-refractivity contribution in [3.8, 4) is 0 Å². The predicted molar refractivity (Wildman–Crippen MR) is 76.8 cm³/mol. The van der Waals surface area contributed by atoms with E-state index in [0.717, 1.165) is 10.9 Å². The zero-order valence-corrected chi connectivity index (χ0v) is 12.3. The van der Waals surface area contributed by atoms with E-state index in [1.165, 1.54) is 4.88 Å². The number of carbonyl (C=O) groups excluding carboxylic acids is 1. The maximum absolute atomic E-state index is 12.1. The molecule has 0 saturated carbocycles. The van der Waals surface area contributed by atoms with Gasteiger partial charge in [-0.25, -0.2) is 0 Å². The Labute approximate surface area is 118 Å². The molecule has 0 bridgehead atoms. The van der Waals surface area contributed by atoms with Crippen LogP contribution in [0.4, 0.5) is 0 Å². The molecule has 0 aliphatic carbocycles. The van der Waals surface area contributed by atoms with Crippen LogP contribution in [0.3, 0.4) is 0 Å². The Morgan fingerprint density at radius 2 is 2.39 bits per heavy atom. The summed E-state index contributed by atoms with van der Waals surface area (Å²) in [6.45, 7) is 2.06. The predicted octanol–water partition coefficient (Wildman–Crippen LogP) is 3.79. The molecule has 0 spiro atoms. The first-order valence-electron chi connectivity index (χ1n) is 5.65. The van der Waals surface area contributed by atoms with Crippen molar-refractivity contribution in [3.63, 3.8) is 0 Å². The van der Waals surface area contributed by atoms with Crippen LogP contribution in [0.5, 0.6) is 0 Å². The molecule has 5 heteroatoms. The average Bonchev–Trinajstić information content (AvgIpc) is 2.89. The van der Waals surface area contributed by atoms with Crippen LogP contribution in [0.25, 0.3) is 0 Å². The Bertz CT molecular complexity index is 528. The summed E-state index contributed by atoms with van der Waals surface area (Å²) in [7, 11) is 0. The first-order valence-corrected chi connectivity index (χ1v) is 7.32. The number of rotatable bonds is 4. The van der Waals surface area contributed by atoms with E-state index in [9.17, 15) is 4.79 Å². The highest BCUT2D eigenvalue weighted by atomic mass is 79.9. The number of halogens is 1. The molecule has 2 heterocycles. The summed E-state index contributed by atoms with van der Waals surface area (Å²) in [6.07, 6.45) is 4.10. The fraction of sp³-hybridized carbons (Fsp3) is 0.231. The number of amides is 1. The van der Waals surface area contributed by atoms with Crippen LogP contribution in [0.1, 0.15) is 34.6 Å². The quantitative estimate of drug-likeness (QED) is 0.929. The number of nitrogens with zero attached hydrogens (tertiary/aromatic N) is 1. The van der Waals surface area contributed by atoms with Gasteiger partial charge in [-0.3, -0.25) is 9.78 Å². The van der Waals surface area contributed by atoms with E-state index in [0.29, 0.717) is 5.56 Å². The molecule has 1 unspecified atom stereocenters. The Kier molecular flexibility index (Phi) is 4.49. The van der Waals surface area contributed by atoms with Crippen LogP contribution < -0.4 is 5.32 Å². The van der Waals surface area contributed by atoms with E-state index in [2.05, 4.69) is 33.2 Å². The van der Waals surface area contributed by atoms with Crippen LogP contribution in [-0.2, 0) is 0 Å². The minimum atomic E-state index is -0.0935. The van der Waals surface area contributed by atoms with Gasteiger partial charge in [0.2, 0.25) is 0 Å². The van der Waals surface area contributed by atoms with Gasteiger partial charge >= 0.3 is 0 Å². The Hall–Kier alpha value is -1.20. The number of carbonyl (C=O) groups is 1. The van der Waals surface area contributed by atoms with Gasteiger partial charge in [0, 0.05) is 21.7 Å². The summed E-state index contributed by atoms with van der Waals surface area (Å²) in [5, 5.41) is 5.04. The maximum Gasteiger partial charge on any atom is 0.253 e. The number of hydrogen-bond donors (Lipinski definition) is 1. The van der Waals surface area contributed by atoms with Crippen LogP contribution >= 0.6 is 27.3 Å². The number of nitrogens with one attached hydrogen (secondary N) is 1. The highest BCUT2D eigenvalue weighted by molar-refractivity contribution is 9.10. The Morgan fingerprint density at radius 3 is 3.00 bits per heavy atom. The fourth-order valence-corrected chi connectivity index (χ4v) is 2.87. The normalized spacial score (nSPS) is 12.1. The number of hydrogen-bond acceptors (Lipinski definition) is 3. The van der Waals surface area contributed by atoms with E-state index in [1.54, 1.807) is 29.8 Å². The lowest BCUT2D eigenvalue weighted by molar-refractivity contribution is 0.0936. The molecule has 1 amide bonds. The standard InChI is InChI=1S/C13H13BrN2OS/c1-2-11(12-4-3-5-18-12)16-13(17)9-6-10(14)8-15-7-9/h3-8,11H,2H2,1H3,(H,16,17). The minimum Gasteiger partial charge on any atom is -0.344 e. The van der Waals surface area contributed by atoms with Crippen LogP contribution in [0.15, 0.2) is 40.4 Å². The monoisotopic (exact) mass is 324 g/mol. The molecule has 2 rings (SSSR count). The van der Waals surface area contributed by atoms with Gasteiger partial charge in [0.15, 0.2) is 0 Å². The molecule has 0 saturated heterocycles. The summed E-state index contributed by atoms with van der Waals surface area (Å²) in [5.74, 6) is -0.0935. The van der Waals surface area contributed by atoms with E-state index in [4.69, 9.17) is 0 Å². The second kappa shape index (κ2) is 6.11. The van der Waals surface area contributed by atoms with Gasteiger partial charge < -0.3 is 5.32 Å². The summed E-state index contributed by atoms with van der Waals surface area (Å²) >= 11 is 4.97. The zero-order valence-electron chi connectivity index (χ0n) is 9.89. The van der Waals surface area contributed by atoms with Crippen molar-refractivity contribution in [1.29, 1.82) is 0 Å². The first kappa shape index (κ1) is 13.2. The van der Waals surface area contributed by atoms with E-state index >= 15 is 0 Å². The van der Waals surface area contributed by atoms with Crippen molar-refractivity contribution in [2.75, 3.05) is 0 Å². The summed E-state index contributed by atoms with van der Waals surface area (Å²) in [4.78, 5) is 17.3. The Morgan fingerprint density at radius 1 is 1.56 bits per heavy atom. The Balaban J connectivity index is 2.11. The van der Waals surface area contributed by atoms with Crippen molar-refractivity contribution in [2.45, 2.75) is 19.4 Å². The van der Waals surface area contributed by atoms with E-state index < -0.39 is 0 Å². The van der Waals surface area contributed by atoms with Gasteiger partial charge in [-0.1, -0.05) is 13.0 Å². The molecule has 1 N–H and O–H groups in total. The third-order valence-electron chi connectivity index (χ3n) is 2.57. The van der Waals surface area contributed by atoms with Crippen molar-refractivity contribution in [1.82, 2.24) is 10.3 Å². The van der Waals surface area contributed by atoms with Gasteiger partial charge in [0.25, 0.3) is 5.91 Å². The fourth-order valence-electron chi connectivity index (χ4n) is 1.64. The number of aromatic nitrogens is 1. The smallest absolute Gasteiger partial charge is 0.253 e. The van der Waals surface area contributed by atoms with Crippen molar-refractivity contribution in [2.24, 2.45) is 0 Å². The molecule has 0 fully saturated rings. The van der Waals surface area contributed by atoms with Crippen molar-refractivity contribution >= 4 is 33.2 Å². The zero-order chi connectivity index (χ0) is 13.0. The highest BCUT2D eigenvalue weighted by Crippen LogP contribution is 2.22. The van der Waals surface area contributed by atoms with E-state index in [-0.39, 0.29) is 11.9 Å². The van der Waals surface area contributed by atoms with Gasteiger partial charge in [-0.15, -0.1) is 11.3 Å². The van der Waals surface area contributed by atoms with Gasteiger partial charge in [0.05, 0.1) is 11.6 Å². The third kappa shape index (κ3) is 3.17. The lowest BCUT2D eigenvalue weighted by atomic mass is 10.1. The van der Waals surface area contributed by atoms with Crippen LogP contribution in [-0.4, -0.2) is 10.9 Å². The molecule has 3 nitrogen and oxygen atoms in total. The van der Waals surface area contributed by atoms with Crippen LogP contribution in [0.2, 0.25) is 0 Å². The lowest BCUT2D eigenvalue weighted by Crippen LogP contribution is -2.27. The molecule has 18 heavy (non-hydrogen) atoms. The topological polar surface area (TPSA) is 42.0 Å². The maximum atomic E-state index is 12.1. The molecule has 0 aliphatic rings. The highest BCUT2D eigenvalue weighted by Gasteiger charge is 2.15. The van der Waals surface area contributed by atoms with Crippen molar-refractivity contribution in [3.05, 3.63) is 50.9 Å². The van der Waals surface area contributed by atoms with Gasteiger partial charge in [0.1, 0.15) is 0 Å². The van der Waals surface area contributed by atoms with Gasteiger partial charge in [-0.2, -0.15) is 0 Å². The molecule has 0 aliphatic heterocycles. The lowest BCUT2D eigenvalue weighted by Gasteiger charge is -2.15. The molecule has 2 aromatic rings. The number of pyridine rings is 1. The van der Waals surface area contributed by atoms with Gasteiger partial charge in [-0.05, 0) is 39.9 Å². The van der Waals surface area contributed by atoms with Crippen molar-refractivity contribution < 1.29 is 4.79 Å². The average molecular weight is 325 g/mol. The van der Waals surface area contributed by atoms with Crippen LogP contribution in [0, 0.1) is 0 Å². The minimum absolute atomic E-state index is 0.0662. The van der Waals surface area contributed by atoms with E-state index in [1.807, 2.05) is 17.5 Å². The third-order valence-corrected chi connectivity index (χ3v) is 3.99. The second-order valence-electron chi connectivity index (χ2n) is 3.84. The molecular weight excluding hydrogens is 312 g/mol. The number of thiophene rings is 1.